The van der Waals surface area contributed by atoms with Crippen LogP contribution in [-0.4, -0.2) is 28.3 Å². The van der Waals surface area contributed by atoms with Gasteiger partial charge < -0.3 is 10.6 Å². The van der Waals surface area contributed by atoms with Crippen molar-refractivity contribution in [2.24, 2.45) is 10.7 Å². The summed E-state index contributed by atoms with van der Waals surface area (Å²) >= 11 is 1.52. The van der Waals surface area contributed by atoms with Gasteiger partial charge in [0.15, 0.2) is 0 Å². The lowest BCUT2D eigenvalue weighted by Crippen LogP contribution is -2.33. The quantitative estimate of drug-likeness (QED) is 0.871. The molecule has 2 heterocycles. The number of rotatable bonds is 3. The highest BCUT2D eigenvalue weighted by Crippen LogP contribution is 2.29. The fraction of sp³-hybridized carbons (Fsp3) is 0.500. The third-order valence-corrected chi connectivity index (χ3v) is 3.41. The summed E-state index contributed by atoms with van der Waals surface area (Å²) in [5, 5.41) is 2.80. The van der Waals surface area contributed by atoms with Crippen LogP contribution in [0.15, 0.2) is 10.4 Å². The van der Waals surface area contributed by atoms with Gasteiger partial charge in [0.05, 0.1) is 0 Å². The monoisotopic (exact) mass is 238 g/mol. The molecular formula is C10H14N4OS. The molecular weight excluding hydrogens is 224 g/mol. The minimum absolute atomic E-state index is 0.253. The van der Waals surface area contributed by atoms with Crippen LogP contribution in [-0.2, 0) is 0 Å². The van der Waals surface area contributed by atoms with Gasteiger partial charge in [-0.3, -0.25) is 0 Å². The fourth-order valence-corrected chi connectivity index (χ4v) is 2.65. The molecule has 1 aromatic heterocycles. The van der Waals surface area contributed by atoms with E-state index in [0.717, 1.165) is 17.1 Å². The highest BCUT2D eigenvalue weighted by molar-refractivity contribution is 7.09. The van der Waals surface area contributed by atoms with E-state index in [0.29, 0.717) is 12.4 Å². The molecule has 1 atom stereocenters. The van der Waals surface area contributed by atoms with Crippen LogP contribution in [0, 0.1) is 6.92 Å². The summed E-state index contributed by atoms with van der Waals surface area (Å²) in [4.78, 5) is 21.5. The van der Waals surface area contributed by atoms with Gasteiger partial charge in [0, 0.05) is 17.6 Å². The van der Waals surface area contributed by atoms with E-state index in [1.165, 1.54) is 11.3 Å². The Morgan fingerprint density at radius 3 is 2.94 bits per heavy atom. The average molecular weight is 238 g/mol. The molecule has 1 aliphatic rings. The molecule has 0 bridgehead atoms. The maximum atomic E-state index is 11.6. The standard InChI is InChI=1S/C10H14N4OS/c1-3-4-14-7(8(11)13-10(14)15)9-12-6(2)5-16-9/h5,7H,3-4H2,1-2H3,(H2,11,13,15). The van der Waals surface area contributed by atoms with Crippen molar-refractivity contribution in [1.29, 1.82) is 0 Å². The van der Waals surface area contributed by atoms with Crippen molar-refractivity contribution in [1.82, 2.24) is 9.88 Å². The van der Waals surface area contributed by atoms with Crippen LogP contribution < -0.4 is 5.73 Å². The second-order valence-corrected chi connectivity index (χ2v) is 4.63. The summed E-state index contributed by atoms with van der Waals surface area (Å²) in [5.74, 6) is 0.354. The zero-order valence-electron chi connectivity index (χ0n) is 9.30. The zero-order chi connectivity index (χ0) is 11.7. The van der Waals surface area contributed by atoms with Crippen LogP contribution in [0.2, 0.25) is 0 Å². The number of carbonyl (C=O) groups excluding carboxylic acids is 1. The SMILES string of the molecule is CCCN1C(=O)N=C(N)C1c1nc(C)cs1. The van der Waals surface area contributed by atoms with Gasteiger partial charge in [-0.05, 0) is 13.3 Å². The van der Waals surface area contributed by atoms with Crippen molar-refractivity contribution < 1.29 is 4.79 Å². The van der Waals surface area contributed by atoms with Crippen LogP contribution >= 0.6 is 11.3 Å². The Hall–Kier alpha value is -1.43. The molecule has 0 spiro atoms. The predicted octanol–water partition coefficient (Wildman–Crippen LogP) is 1.70. The van der Waals surface area contributed by atoms with Crippen LogP contribution in [0.4, 0.5) is 4.79 Å². The molecule has 0 fully saturated rings. The lowest BCUT2D eigenvalue weighted by atomic mass is 10.2. The van der Waals surface area contributed by atoms with E-state index in [1.54, 1.807) is 4.90 Å². The minimum atomic E-state index is -0.258. The summed E-state index contributed by atoms with van der Waals surface area (Å²) in [6.07, 6.45) is 0.884. The second kappa shape index (κ2) is 4.21. The van der Waals surface area contributed by atoms with E-state index in [4.69, 9.17) is 5.73 Å². The maximum Gasteiger partial charge on any atom is 0.346 e. The van der Waals surface area contributed by atoms with E-state index in [1.807, 2.05) is 19.2 Å². The smallest absolute Gasteiger partial charge is 0.346 e. The molecule has 0 aliphatic carbocycles. The first-order chi connectivity index (χ1) is 7.63. The molecule has 16 heavy (non-hydrogen) atoms. The first-order valence-electron chi connectivity index (χ1n) is 5.20. The third-order valence-electron chi connectivity index (χ3n) is 2.40. The Labute approximate surface area is 98.0 Å². The number of amidine groups is 1. The summed E-state index contributed by atoms with van der Waals surface area (Å²) in [7, 11) is 0. The molecule has 0 aromatic carbocycles. The van der Waals surface area contributed by atoms with Crippen molar-refractivity contribution in [2.45, 2.75) is 26.3 Å². The van der Waals surface area contributed by atoms with Gasteiger partial charge in [0.1, 0.15) is 16.9 Å². The summed E-state index contributed by atoms with van der Waals surface area (Å²) in [6, 6.07) is -0.511. The van der Waals surface area contributed by atoms with Gasteiger partial charge in [-0.1, -0.05) is 6.92 Å². The van der Waals surface area contributed by atoms with Gasteiger partial charge in [0.2, 0.25) is 0 Å². The number of carbonyl (C=O) groups is 1. The van der Waals surface area contributed by atoms with E-state index >= 15 is 0 Å². The molecule has 0 radical (unpaired) electrons. The lowest BCUT2D eigenvalue weighted by molar-refractivity contribution is 0.206. The van der Waals surface area contributed by atoms with Gasteiger partial charge in [-0.25, -0.2) is 9.78 Å². The van der Waals surface area contributed by atoms with E-state index in [-0.39, 0.29) is 12.1 Å². The number of aliphatic imine (C=N–C) groups is 1. The molecule has 0 saturated carbocycles. The first kappa shape index (κ1) is 11.1. The van der Waals surface area contributed by atoms with Crippen molar-refractivity contribution in [3.63, 3.8) is 0 Å². The summed E-state index contributed by atoms with van der Waals surface area (Å²) in [6.45, 7) is 4.60. The number of urea groups is 1. The summed E-state index contributed by atoms with van der Waals surface area (Å²) < 4.78 is 0. The Kier molecular flexibility index (Phi) is 2.91. The number of thiazole rings is 1. The van der Waals surface area contributed by atoms with Gasteiger partial charge in [-0.2, -0.15) is 4.99 Å². The van der Waals surface area contributed by atoms with Gasteiger partial charge >= 0.3 is 6.03 Å². The number of hydrogen-bond acceptors (Lipinski definition) is 4. The molecule has 2 amide bonds. The highest BCUT2D eigenvalue weighted by atomic mass is 32.1. The number of nitrogens with zero attached hydrogens (tertiary/aromatic N) is 3. The maximum absolute atomic E-state index is 11.6. The predicted molar refractivity (Wildman–Crippen MR) is 63.6 cm³/mol. The zero-order valence-corrected chi connectivity index (χ0v) is 10.1. The first-order valence-corrected chi connectivity index (χ1v) is 6.08. The molecule has 1 unspecified atom stereocenters. The van der Waals surface area contributed by atoms with Crippen molar-refractivity contribution >= 4 is 23.2 Å². The van der Waals surface area contributed by atoms with Crippen LogP contribution in [0.5, 0.6) is 0 Å². The second-order valence-electron chi connectivity index (χ2n) is 3.74. The van der Waals surface area contributed by atoms with E-state index < -0.39 is 0 Å². The Balaban J connectivity index is 2.30. The number of hydrogen-bond donors (Lipinski definition) is 1. The Morgan fingerprint density at radius 2 is 2.38 bits per heavy atom. The third kappa shape index (κ3) is 1.80. The largest absolute Gasteiger partial charge is 0.385 e. The lowest BCUT2D eigenvalue weighted by Gasteiger charge is -2.21. The van der Waals surface area contributed by atoms with Crippen LogP contribution in [0.3, 0.4) is 0 Å². The number of aryl methyl sites for hydroxylation is 1. The highest BCUT2D eigenvalue weighted by Gasteiger charge is 2.35. The van der Waals surface area contributed by atoms with Crippen molar-refractivity contribution in [3.05, 3.63) is 16.1 Å². The normalized spacial score (nSPS) is 20.4. The van der Waals surface area contributed by atoms with Crippen LogP contribution in [0.25, 0.3) is 0 Å². The minimum Gasteiger partial charge on any atom is -0.385 e. The number of aromatic nitrogens is 1. The molecule has 6 heteroatoms. The molecule has 2 N–H and O–H groups in total. The number of amides is 2. The topological polar surface area (TPSA) is 71.6 Å². The molecule has 1 aromatic rings. The van der Waals surface area contributed by atoms with Crippen molar-refractivity contribution in [3.8, 4) is 0 Å². The molecule has 2 rings (SSSR count). The molecule has 86 valence electrons. The van der Waals surface area contributed by atoms with Crippen molar-refractivity contribution in [2.75, 3.05) is 6.54 Å². The van der Waals surface area contributed by atoms with Gasteiger partial charge in [-0.15, -0.1) is 11.3 Å². The number of nitrogens with two attached hydrogens (primary N) is 1. The molecule has 5 nitrogen and oxygen atoms in total. The van der Waals surface area contributed by atoms with Crippen LogP contribution in [0.1, 0.15) is 30.1 Å². The van der Waals surface area contributed by atoms with E-state index in [9.17, 15) is 4.79 Å². The molecule has 0 saturated heterocycles. The summed E-state index contributed by atoms with van der Waals surface area (Å²) in [5.41, 5.74) is 6.73. The average Bonchev–Trinajstić information content (AvgIpc) is 2.73. The fourth-order valence-electron chi connectivity index (χ4n) is 1.73. The Morgan fingerprint density at radius 1 is 1.62 bits per heavy atom. The van der Waals surface area contributed by atoms with Gasteiger partial charge in [0.25, 0.3) is 0 Å². The van der Waals surface area contributed by atoms with E-state index in [2.05, 4.69) is 9.98 Å². The Bertz CT molecular complexity index is 440. The molecule has 1 aliphatic heterocycles.